The summed E-state index contributed by atoms with van der Waals surface area (Å²) in [6, 6.07) is 0. The first kappa shape index (κ1) is 20.1. The number of nitrogens with one attached hydrogen (secondary N) is 2. The summed E-state index contributed by atoms with van der Waals surface area (Å²) < 4.78 is 20.9. The van der Waals surface area contributed by atoms with Gasteiger partial charge in [-0.25, -0.2) is 4.79 Å². The lowest BCUT2D eigenvalue weighted by molar-refractivity contribution is 0.0146. The molecule has 0 aliphatic carbocycles. The Morgan fingerprint density at radius 3 is 2.05 bits per heavy atom. The van der Waals surface area contributed by atoms with E-state index in [1.807, 2.05) is 7.05 Å². The number of hydrogen-bond donors (Lipinski definition) is 2. The number of alkyl carbamates (subject to hydrolysis) is 1. The van der Waals surface area contributed by atoms with E-state index >= 15 is 0 Å². The van der Waals surface area contributed by atoms with Crippen LogP contribution in [0, 0.1) is 0 Å². The zero-order valence-corrected chi connectivity index (χ0v) is 13.5. The van der Waals surface area contributed by atoms with Gasteiger partial charge in [-0.3, -0.25) is 0 Å². The van der Waals surface area contributed by atoms with E-state index in [2.05, 4.69) is 10.6 Å². The van der Waals surface area contributed by atoms with Gasteiger partial charge in [-0.1, -0.05) is 0 Å². The second-order valence-electron chi connectivity index (χ2n) is 4.68. The van der Waals surface area contributed by atoms with E-state index in [-0.39, 0.29) is 6.10 Å². The zero-order chi connectivity index (χ0) is 15.8. The maximum absolute atomic E-state index is 11.1. The van der Waals surface area contributed by atoms with E-state index in [0.717, 1.165) is 19.6 Å². The van der Waals surface area contributed by atoms with Crippen LogP contribution in [-0.4, -0.2) is 72.0 Å². The number of carbonyl (C=O) groups is 1. The van der Waals surface area contributed by atoms with Crippen molar-refractivity contribution in [3.05, 3.63) is 0 Å². The first-order valence-electron chi connectivity index (χ1n) is 7.49. The van der Waals surface area contributed by atoms with Crippen molar-refractivity contribution in [2.24, 2.45) is 0 Å². The first-order valence-corrected chi connectivity index (χ1v) is 7.49. The number of ether oxygens (including phenoxy) is 4. The predicted octanol–water partition coefficient (Wildman–Crippen LogP) is 0.780. The number of carbonyl (C=O) groups excluding carboxylic acids is 1. The lowest BCUT2D eigenvalue weighted by Crippen LogP contribution is -2.30. The molecule has 2 N–H and O–H groups in total. The Balaban J connectivity index is 3.07. The normalized spacial score (nSPS) is 10.9. The Morgan fingerprint density at radius 1 is 0.905 bits per heavy atom. The molecule has 126 valence electrons. The average molecular weight is 306 g/mol. The lowest BCUT2D eigenvalue weighted by atomic mass is 10.4. The van der Waals surface area contributed by atoms with Crippen LogP contribution in [0.15, 0.2) is 0 Å². The standard InChI is InChI=1S/C14H30N2O5/c1-13(2)21-14(17)16-6-8-19-10-12-20-11-9-18-7-4-5-15-3/h13,15H,4-12H2,1-3H3,(H,16,17). The van der Waals surface area contributed by atoms with Crippen LogP contribution in [0.5, 0.6) is 0 Å². The van der Waals surface area contributed by atoms with E-state index in [9.17, 15) is 4.79 Å². The highest BCUT2D eigenvalue weighted by molar-refractivity contribution is 5.67. The summed E-state index contributed by atoms with van der Waals surface area (Å²) in [4.78, 5) is 11.1. The van der Waals surface area contributed by atoms with Crippen molar-refractivity contribution in [2.45, 2.75) is 26.4 Å². The molecule has 0 bridgehead atoms. The molecule has 0 aromatic heterocycles. The molecule has 0 fully saturated rings. The predicted molar refractivity (Wildman–Crippen MR) is 80.6 cm³/mol. The second-order valence-corrected chi connectivity index (χ2v) is 4.68. The van der Waals surface area contributed by atoms with Crippen LogP contribution in [0.1, 0.15) is 20.3 Å². The Kier molecular flexibility index (Phi) is 14.8. The molecule has 0 aromatic rings. The summed E-state index contributed by atoms with van der Waals surface area (Å²) in [6.07, 6.45) is 0.478. The largest absolute Gasteiger partial charge is 0.447 e. The highest BCUT2D eigenvalue weighted by Gasteiger charge is 2.02. The highest BCUT2D eigenvalue weighted by Crippen LogP contribution is 1.88. The molecule has 0 aliphatic heterocycles. The monoisotopic (exact) mass is 306 g/mol. The van der Waals surface area contributed by atoms with Crippen LogP contribution >= 0.6 is 0 Å². The molecule has 0 atom stereocenters. The first-order chi connectivity index (χ1) is 10.2. The number of hydrogen-bond acceptors (Lipinski definition) is 6. The van der Waals surface area contributed by atoms with Gasteiger partial charge in [0.2, 0.25) is 0 Å². The summed E-state index contributed by atoms with van der Waals surface area (Å²) in [5, 5.41) is 5.65. The fraction of sp³-hybridized carbons (Fsp3) is 0.929. The molecule has 7 nitrogen and oxygen atoms in total. The minimum Gasteiger partial charge on any atom is -0.447 e. The van der Waals surface area contributed by atoms with Gasteiger partial charge in [-0.15, -0.1) is 0 Å². The van der Waals surface area contributed by atoms with Gasteiger partial charge in [0.25, 0.3) is 0 Å². The van der Waals surface area contributed by atoms with Gasteiger partial charge in [0.05, 0.1) is 39.1 Å². The third kappa shape index (κ3) is 17.1. The summed E-state index contributed by atoms with van der Waals surface area (Å²) in [5.74, 6) is 0. The third-order valence-electron chi connectivity index (χ3n) is 2.32. The SMILES string of the molecule is CNCCCOCCOCCOCCNC(=O)OC(C)C. The number of rotatable bonds is 14. The molecule has 0 aliphatic rings. The second kappa shape index (κ2) is 15.5. The van der Waals surface area contributed by atoms with Crippen LogP contribution in [0.25, 0.3) is 0 Å². The summed E-state index contributed by atoms with van der Waals surface area (Å²) in [5.41, 5.74) is 0. The quantitative estimate of drug-likeness (QED) is 0.462. The van der Waals surface area contributed by atoms with E-state index in [4.69, 9.17) is 18.9 Å². The Bertz CT molecular complexity index is 239. The minimum absolute atomic E-state index is 0.111. The fourth-order valence-corrected chi connectivity index (χ4v) is 1.37. The van der Waals surface area contributed by atoms with Gasteiger partial charge in [-0.05, 0) is 33.9 Å². The van der Waals surface area contributed by atoms with Gasteiger partial charge in [0.15, 0.2) is 0 Å². The van der Waals surface area contributed by atoms with Crippen LogP contribution in [0.2, 0.25) is 0 Å². The Hall–Kier alpha value is -0.890. The molecule has 0 rings (SSSR count). The van der Waals surface area contributed by atoms with Crippen molar-refractivity contribution in [2.75, 3.05) is 59.8 Å². The maximum Gasteiger partial charge on any atom is 0.407 e. The van der Waals surface area contributed by atoms with E-state index < -0.39 is 6.09 Å². The molecule has 0 spiro atoms. The van der Waals surface area contributed by atoms with Crippen LogP contribution < -0.4 is 10.6 Å². The Morgan fingerprint density at radius 2 is 1.48 bits per heavy atom. The van der Waals surface area contributed by atoms with Gasteiger partial charge >= 0.3 is 6.09 Å². The van der Waals surface area contributed by atoms with Crippen molar-refractivity contribution < 1.29 is 23.7 Å². The lowest BCUT2D eigenvalue weighted by Gasteiger charge is -2.10. The smallest absolute Gasteiger partial charge is 0.407 e. The molecule has 0 unspecified atom stereocenters. The average Bonchev–Trinajstić information content (AvgIpc) is 2.43. The molecular weight excluding hydrogens is 276 g/mol. The summed E-state index contributed by atoms with van der Waals surface area (Å²) >= 11 is 0. The van der Waals surface area contributed by atoms with Crippen molar-refractivity contribution in [1.29, 1.82) is 0 Å². The highest BCUT2D eigenvalue weighted by atomic mass is 16.6. The van der Waals surface area contributed by atoms with Gasteiger partial charge in [-0.2, -0.15) is 0 Å². The molecular formula is C14H30N2O5. The van der Waals surface area contributed by atoms with Gasteiger partial charge in [0, 0.05) is 13.2 Å². The van der Waals surface area contributed by atoms with Crippen molar-refractivity contribution in [3.63, 3.8) is 0 Å². The molecule has 7 heteroatoms. The van der Waals surface area contributed by atoms with E-state index in [0.29, 0.717) is 39.6 Å². The maximum atomic E-state index is 11.1. The topological polar surface area (TPSA) is 78.0 Å². The Labute approximate surface area is 127 Å². The van der Waals surface area contributed by atoms with Gasteiger partial charge in [0.1, 0.15) is 0 Å². The van der Waals surface area contributed by atoms with E-state index in [1.54, 1.807) is 13.8 Å². The minimum atomic E-state index is -0.416. The van der Waals surface area contributed by atoms with Crippen molar-refractivity contribution >= 4 is 6.09 Å². The molecule has 21 heavy (non-hydrogen) atoms. The van der Waals surface area contributed by atoms with E-state index in [1.165, 1.54) is 0 Å². The molecule has 0 saturated heterocycles. The molecule has 1 amide bonds. The molecule has 0 heterocycles. The summed E-state index contributed by atoms with van der Waals surface area (Å²) in [7, 11) is 1.92. The molecule has 0 saturated carbocycles. The third-order valence-corrected chi connectivity index (χ3v) is 2.32. The molecule has 0 radical (unpaired) electrons. The van der Waals surface area contributed by atoms with Gasteiger partial charge < -0.3 is 29.6 Å². The van der Waals surface area contributed by atoms with Crippen LogP contribution in [0.4, 0.5) is 4.79 Å². The number of amides is 1. The van der Waals surface area contributed by atoms with Crippen LogP contribution in [-0.2, 0) is 18.9 Å². The van der Waals surface area contributed by atoms with Crippen molar-refractivity contribution in [1.82, 2.24) is 10.6 Å². The fourth-order valence-electron chi connectivity index (χ4n) is 1.37. The van der Waals surface area contributed by atoms with Crippen LogP contribution in [0.3, 0.4) is 0 Å². The zero-order valence-electron chi connectivity index (χ0n) is 13.5. The summed E-state index contributed by atoms with van der Waals surface area (Å²) in [6.45, 7) is 8.39. The molecule has 0 aromatic carbocycles. The van der Waals surface area contributed by atoms with Crippen molar-refractivity contribution in [3.8, 4) is 0 Å².